The van der Waals surface area contributed by atoms with Crippen molar-refractivity contribution in [2.75, 3.05) is 6.61 Å². The number of hydrogen-bond donors (Lipinski definition) is 2. The fourth-order valence-electron chi connectivity index (χ4n) is 2.72. The van der Waals surface area contributed by atoms with E-state index in [-0.39, 0.29) is 12.6 Å². The average Bonchev–Trinajstić information content (AvgIpc) is 2.86. The summed E-state index contributed by atoms with van der Waals surface area (Å²) in [6.07, 6.45) is 11.5. The van der Waals surface area contributed by atoms with E-state index in [1.807, 2.05) is 10.9 Å². The van der Waals surface area contributed by atoms with Crippen molar-refractivity contribution in [2.45, 2.75) is 64.1 Å². The smallest absolute Gasteiger partial charge is 0.0627 e. The van der Waals surface area contributed by atoms with Crippen LogP contribution in [0.15, 0.2) is 12.4 Å². The average molecular weight is 251 g/mol. The second-order valence-corrected chi connectivity index (χ2v) is 5.27. The molecule has 2 rings (SSSR count). The highest BCUT2D eigenvalue weighted by atomic mass is 16.3. The number of aliphatic hydroxyl groups excluding tert-OH is 1. The highest BCUT2D eigenvalue weighted by Crippen LogP contribution is 2.21. The van der Waals surface area contributed by atoms with Gasteiger partial charge in [0.1, 0.15) is 0 Å². The Kier molecular flexibility index (Phi) is 5.20. The molecule has 4 nitrogen and oxygen atoms in total. The Balaban J connectivity index is 1.93. The molecule has 0 amide bonds. The van der Waals surface area contributed by atoms with E-state index in [9.17, 15) is 5.11 Å². The quantitative estimate of drug-likeness (QED) is 0.815. The van der Waals surface area contributed by atoms with Crippen molar-refractivity contribution in [3.8, 4) is 0 Å². The number of hydrogen-bond acceptors (Lipinski definition) is 3. The van der Waals surface area contributed by atoms with Crippen LogP contribution in [-0.2, 0) is 6.54 Å². The van der Waals surface area contributed by atoms with Gasteiger partial charge in [0.2, 0.25) is 0 Å². The molecule has 0 radical (unpaired) electrons. The topological polar surface area (TPSA) is 50.1 Å². The van der Waals surface area contributed by atoms with E-state index >= 15 is 0 Å². The van der Waals surface area contributed by atoms with E-state index in [0.717, 1.165) is 18.5 Å². The number of aliphatic hydroxyl groups is 1. The highest BCUT2D eigenvalue weighted by Gasteiger charge is 2.19. The molecule has 1 saturated carbocycles. The number of aryl methyl sites for hydroxylation is 1. The van der Waals surface area contributed by atoms with Crippen molar-refractivity contribution >= 4 is 0 Å². The Labute approximate surface area is 109 Å². The first kappa shape index (κ1) is 13.6. The summed E-state index contributed by atoms with van der Waals surface area (Å²) in [7, 11) is 0. The van der Waals surface area contributed by atoms with E-state index in [2.05, 4.69) is 23.5 Å². The monoisotopic (exact) mass is 251 g/mol. The molecule has 1 aromatic rings. The maximum absolute atomic E-state index is 9.55. The van der Waals surface area contributed by atoms with Gasteiger partial charge < -0.3 is 10.4 Å². The van der Waals surface area contributed by atoms with Crippen molar-refractivity contribution in [2.24, 2.45) is 0 Å². The minimum Gasteiger partial charge on any atom is -0.394 e. The molecule has 18 heavy (non-hydrogen) atoms. The molecule has 0 bridgehead atoms. The summed E-state index contributed by atoms with van der Waals surface area (Å²) in [5.74, 6) is 0. The molecule has 0 spiro atoms. The lowest BCUT2D eigenvalue weighted by Gasteiger charge is -2.27. The van der Waals surface area contributed by atoms with Crippen molar-refractivity contribution < 1.29 is 5.11 Å². The lowest BCUT2D eigenvalue weighted by molar-refractivity contribution is 0.220. The predicted octanol–water partition coefficient (Wildman–Crippen LogP) is 2.25. The van der Waals surface area contributed by atoms with Gasteiger partial charge in [0.05, 0.1) is 18.8 Å². The maximum atomic E-state index is 9.55. The minimum absolute atomic E-state index is 0.0405. The Morgan fingerprint density at radius 3 is 2.89 bits per heavy atom. The van der Waals surface area contributed by atoms with Gasteiger partial charge in [0.15, 0.2) is 0 Å². The van der Waals surface area contributed by atoms with Gasteiger partial charge in [-0.1, -0.05) is 26.2 Å². The van der Waals surface area contributed by atoms with Gasteiger partial charge in [0, 0.05) is 24.3 Å². The lowest BCUT2D eigenvalue weighted by Crippen LogP contribution is -2.35. The predicted molar refractivity (Wildman–Crippen MR) is 72.4 cm³/mol. The zero-order chi connectivity index (χ0) is 12.8. The van der Waals surface area contributed by atoms with Crippen LogP contribution in [0.3, 0.4) is 0 Å². The Bertz CT molecular complexity index is 345. The Morgan fingerprint density at radius 2 is 2.22 bits per heavy atom. The molecular weight excluding hydrogens is 226 g/mol. The second-order valence-electron chi connectivity index (χ2n) is 5.27. The van der Waals surface area contributed by atoms with E-state index in [0.29, 0.717) is 6.04 Å². The number of nitrogens with zero attached hydrogens (tertiary/aromatic N) is 2. The van der Waals surface area contributed by atoms with Crippen LogP contribution < -0.4 is 5.32 Å². The first-order valence-corrected chi connectivity index (χ1v) is 7.22. The van der Waals surface area contributed by atoms with Crippen molar-refractivity contribution in [3.63, 3.8) is 0 Å². The van der Waals surface area contributed by atoms with Crippen LogP contribution in [0, 0.1) is 0 Å². The summed E-state index contributed by atoms with van der Waals surface area (Å²) < 4.78 is 1.96. The minimum atomic E-state index is 0.0405. The molecule has 1 atom stereocenters. The van der Waals surface area contributed by atoms with E-state index in [1.165, 1.54) is 32.1 Å². The number of nitrogens with one attached hydrogen (secondary N) is 1. The van der Waals surface area contributed by atoms with Crippen LogP contribution in [0.25, 0.3) is 0 Å². The molecule has 1 heterocycles. The molecule has 2 N–H and O–H groups in total. The summed E-state index contributed by atoms with van der Waals surface area (Å²) in [6, 6.07) is 0.601. The molecule has 1 aromatic heterocycles. The third-order valence-corrected chi connectivity index (χ3v) is 3.73. The number of rotatable bonds is 6. The third-order valence-electron chi connectivity index (χ3n) is 3.73. The summed E-state index contributed by atoms with van der Waals surface area (Å²) in [4.78, 5) is 0. The molecule has 0 saturated heterocycles. The molecule has 4 heteroatoms. The molecule has 1 aliphatic rings. The van der Waals surface area contributed by atoms with Crippen molar-refractivity contribution in [1.82, 2.24) is 15.1 Å². The van der Waals surface area contributed by atoms with Gasteiger partial charge in [0.25, 0.3) is 0 Å². The third kappa shape index (κ3) is 3.56. The van der Waals surface area contributed by atoms with Gasteiger partial charge in [-0.2, -0.15) is 5.10 Å². The van der Waals surface area contributed by atoms with E-state index in [1.54, 1.807) is 0 Å². The van der Waals surface area contributed by atoms with Gasteiger partial charge in [-0.15, -0.1) is 0 Å². The molecule has 1 aliphatic carbocycles. The first-order chi connectivity index (χ1) is 8.83. The van der Waals surface area contributed by atoms with Crippen molar-refractivity contribution in [1.29, 1.82) is 0 Å². The second kappa shape index (κ2) is 6.90. The summed E-state index contributed by atoms with van der Waals surface area (Å²) in [5.41, 5.74) is 1.11. The van der Waals surface area contributed by atoms with Gasteiger partial charge in [-0.05, 0) is 19.3 Å². The Hall–Kier alpha value is -0.870. The first-order valence-electron chi connectivity index (χ1n) is 7.22. The standard InChI is InChI=1S/C14H25N3O/c1-2-8-17-10-12(9-15-17)14(11-18)16-13-6-4-3-5-7-13/h9-10,13-14,16,18H,2-8,11H2,1H3. The molecule has 102 valence electrons. The normalized spacial score (nSPS) is 19.0. The zero-order valence-electron chi connectivity index (χ0n) is 11.3. The molecular formula is C14H25N3O. The van der Waals surface area contributed by atoms with Crippen LogP contribution in [0.2, 0.25) is 0 Å². The van der Waals surface area contributed by atoms with Crippen LogP contribution in [0.4, 0.5) is 0 Å². The SMILES string of the molecule is CCCn1cc(C(CO)NC2CCCCC2)cn1. The Morgan fingerprint density at radius 1 is 1.44 bits per heavy atom. The number of aromatic nitrogens is 2. The maximum Gasteiger partial charge on any atom is 0.0627 e. The zero-order valence-corrected chi connectivity index (χ0v) is 11.3. The van der Waals surface area contributed by atoms with Gasteiger partial charge in [-0.3, -0.25) is 4.68 Å². The summed E-state index contributed by atoms with van der Waals surface area (Å²) in [5, 5.41) is 17.5. The van der Waals surface area contributed by atoms with E-state index in [4.69, 9.17) is 0 Å². The van der Waals surface area contributed by atoms with Gasteiger partial charge >= 0.3 is 0 Å². The molecule has 0 aromatic carbocycles. The molecule has 1 fully saturated rings. The van der Waals surface area contributed by atoms with Crippen molar-refractivity contribution in [3.05, 3.63) is 18.0 Å². The summed E-state index contributed by atoms with van der Waals surface area (Å²) in [6.45, 7) is 3.24. The fourth-order valence-corrected chi connectivity index (χ4v) is 2.72. The molecule has 1 unspecified atom stereocenters. The van der Waals surface area contributed by atoms with Crippen LogP contribution in [-0.4, -0.2) is 27.5 Å². The fraction of sp³-hybridized carbons (Fsp3) is 0.786. The van der Waals surface area contributed by atoms with E-state index < -0.39 is 0 Å². The van der Waals surface area contributed by atoms with Gasteiger partial charge in [-0.25, -0.2) is 0 Å². The van der Waals surface area contributed by atoms with Crippen LogP contribution >= 0.6 is 0 Å². The highest BCUT2D eigenvalue weighted by molar-refractivity contribution is 5.11. The largest absolute Gasteiger partial charge is 0.394 e. The lowest BCUT2D eigenvalue weighted by atomic mass is 9.94. The van der Waals surface area contributed by atoms with Crippen LogP contribution in [0.1, 0.15) is 57.1 Å². The summed E-state index contributed by atoms with van der Waals surface area (Å²) >= 11 is 0. The molecule has 0 aliphatic heterocycles. The van der Waals surface area contributed by atoms with Crippen LogP contribution in [0.5, 0.6) is 0 Å².